The summed E-state index contributed by atoms with van der Waals surface area (Å²) in [6.07, 6.45) is 4.38. The molecule has 1 aromatic carbocycles. The maximum absolute atomic E-state index is 6.13. The smallest absolute Gasteiger partial charge is 0.0682 e. The Kier molecular flexibility index (Phi) is 4.83. The molecule has 0 spiro atoms. The number of nitrogens with zero attached hydrogens (tertiary/aromatic N) is 3. The van der Waals surface area contributed by atoms with Crippen LogP contribution in [0.4, 0.5) is 0 Å². The molecule has 0 saturated carbocycles. The van der Waals surface area contributed by atoms with E-state index in [1.54, 1.807) is 0 Å². The summed E-state index contributed by atoms with van der Waals surface area (Å²) in [5.74, 6) is 0.620. The number of aryl methyl sites for hydroxylation is 2. The summed E-state index contributed by atoms with van der Waals surface area (Å²) >= 11 is 0. The Morgan fingerprint density at radius 1 is 1.35 bits per heavy atom. The van der Waals surface area contributed by atoms with E-state index in [0.29, 0.717) is 5.92 Å². The molecule has 4 nitrogen and oxygen atoms in total. The van der Waals surface area contributed by atoms with E-state index in [9.17, 15) is 0 Å². The minimum Gasteiger partial charge on any atom is -0.328 e. The number of hydrogen-bond acceptors (Lipinski definition) is 3. The first-order valence-corrected chi connectivity index (χ1v) is 8.60. The summed E-state index contributed by atoms with van der Waals surface area (Å²) in [6.45, 7) is 7.56. The maximum Gasteiger partial charge on any atom is 0.0682 e. The van der Waals surface area contributed by atoms with Gasteiger partial charge in [0.25, 0.3) is 0 Å². The van der Waals surface area contributed by atoms with E-state index in [4.69, 9.17) is 5.73 Å². The number of piperidine rings is 1. The van der Waals surface area contributed by atoms with Gasteiger partial charge < -0.3 is 5.73 Å². The molecule has 2 unspecified atom stereocenters. The molecule has 2 heterocycles. The standard InChI is InChI=1S/C19H28N4/c1-14-6-7-17(18(11-14)19-8-9-21-22(19)3)13-23-10-4-5-16(12-23)15(2)20/h6-9,11,15-16H,4-5,10,12-13,20H2,1-3H3. The molecule has 2 atom stereocenters. The van der Waals surface area contributed by atoms with Crippen molar-refractivity contribution in [3.05, 3.63) is 41.6 Å². The molecule has 3 rings (SSSR count). The third-order valence-electron chi connectivity index (χ3n) is 5.04. The highest BCUT2D eigenvalue weighted by molar-refractivity contribution is 5.64. The second-order valence-corrected chi connectivity index (χ2v) is 7.00. The van der Waals surface area contributed by atoms with Crippen molar-refractivity contribution in [3.8, 4) is 11.3 Å². The van der Waals surface area contributed by atoms with E-state index < -0.39 is 0 Å². The molecule has 0 amide bonds. The van der Waals surface area contributed by atoms with E-state index in [1.807, 2.05) is 17.9 Å². The molecule has 1 saturated heterocycles. The van der Waals surface area contributed by atoms with E-state index >= 15 is 0 Å². The van der Waals surface area contributed by atoms with E-state index in [1.165, 1.54) is 41.8 Å². The minimum absolute atomic E-state index is 0.285. The van der Waals surface area contributed by atoms with Gasteiger partial charge in [-0.15, -0.1) is 0 Å². The second kappa shape index (κ2) is 6.85. The van der Waals surface area contributed by atoms with Crippen LogP contribution in [0, 0.1) is 12.8 Å². The molecule has 1 aromatic heterocycles. The van der Waals surface area contributed by atoms with Gasteiger partial charge in [0.1, 0.15) is 0 Å². The van der Waals surface area contributed by atoms with Crippen molar-refractivity contribution in [2.24, 2.45) is 18.7 Å². The molecule has 2 N–H and O–H groups in total. The monoisotopic (exact) mass is 312 g/mol. The fourth-order valence-corrected chi connectivity index (χ4v) is 3.61. The van der Waals surface area contributed by atoms with Crippen molar-refractivity contribution in [2.45, 2.75) is 39.3 Å². The van der Waals surface area contributed by atoms with Gasteiger partial charge in [0.05, 0.1) is 5.69 Å². The van der Waals surface area contributed by atoms with Gasteiger partial charge in [-0.25, -0.2) is 0 Å². The summed E-state index contributed by atoms with van der Waals surface area (Å²) in [4.78, 5) is 2.56. The second-order valence-electron chi connectivity index (χ2n) is 7.00. The van der Waals surface area contributed by atoms with Crippen LogP contribution in [0.25, 0.3) is 11.3 Å². The first-order chi connectivity index (χ1) is 11.0. The number of aromatic nitrogens is 2. The van der Waals surface area contributed by atoms with Gasteiger partial charge in [0, 0.05) is 37.9 Å². The number of likely N-dealkylation sites (tertiary alicyclic amines) is 1. The summed E-state index contributed by atoms with van der Waals surface area (Å²) in [6, 6.07) is 9.14. The summed E-state index contributed by atoms with van der Waals surface area (Å²) in [7, 11) is 2.01. The minimum atomic E-state index is 0.285. The van der Waals surface area contributed by atoms with Gasteiger partial charge in [0.15, 0.2) is 0 Å². The van der Waals surface area contributed by atoms with Gasteiger partial charge >= 0.3 is 0 Å². The molecule has 2 aromatic rings. The van der Waals surface area contributed by atoms with Crippen LogP contribution >= 0.6 is 0 Å². The van der Waals surface area contributed by atoms with Crippen molar-refractivity contribution < 1.29 is 0 Å². The fraction of sp³-hybridized carbons (Fsp3) is 0.526. The van der Waals surface area contributed by atoms with Crippen LogP contribution in [0.5, 0.6) is 0 Å². The molecule has 1 aliphatic heterocycles. The first kappa shape index (κ1) is 16.2. The van der Waals surface area contributed by atoms with Crippen LogP contribution in [0.1, 0.15) is 30.9 Å². The molecule has 23 heavy (non-hydrogen) atoms. The Morgan fingerprint density at radius 2 is 2.17 bits per heavy atom. The van der Waals surface area contributed by atoms with Crippen LogP contribution < -0.4 is 5.73 Å². The fourth-order valence-electron chi connectivity index (χ4n) is 3.61. The Bertz CT molecular complexity index is 659. The van der Waals surface area contributed by atoms with E-state index in [0.717, 1.165) is 13.1 Å². The highest BCUT2D eigenvalue weighted by Gasteiger charge is 2.23. The first-order valence-electron chi connectivity index (χ1n) is 8.60. The molecule has 1 aliphatic rings. The predicted molar refractivity (Wildman–Crippen MR) is 95.0 cm³/mol. The number of benzene rings is 1. The Balaban J connectivity index is 1.84. The zero-order valence-corrected chi connectivity index (χ0v) is 14.5. The lowest BCUT2D eigenvalue weighted by Gasteiger charge is -2.35. The normalized spacial score (nSPS) is 20.6. The van der Waals surface area contributed by atoms with Gasteiger partial charge in [-0.3, -0.25) is 9.58 Å². The van der Waals surface area contributed by atoms with Gasteiger partial charge in [-0.05, 0) is 56.8 Å². The Morgan fingerprint density at radius 3 is 2.87 bits per heavy atom. The lowest BCUT2D eigenvalue weighted by Crippen LogP contribution is -2.42. The van der Waals surface area contributed by atoms with Crippen LogP contribution in [-0.4, -0.2) is 33.8 Å². The molecule has 0 aliphatic carbocycles. The van der Waals surface area contributed by atoms with Crippen LogP contribution in [-0.2, 0) is 13.6 Å². The molecule has 124 valence electrons. The molecular weight excluding hydrogens is 284 g/mol. The molecule has 1 fully saturated rings. The highest BCUT2D eigenvalue weighted by atomic mass is 15.3. The average molecular weight is 312 g/mol. The number of rotatable bonds is 4. The molecule has 0 bridgehead atoms. The largest absolute Gasteiger partial charge is 0.328 e. The zero-order valence-electron chi connectivity index (χ0n) is 14.5. The van der Waals surface area contributed by atoms with Crippen molar-refractivity contribution in [3.63, 3.8) is 0 Å². The Labute approximate surface area is 139 Å². The summed E-state index contributed by atoms with van der Waals surface area (Å²) in [5, 5.41) is 4.33. The van der Waals surface area contributed by atoms with Crippen LogP contribution in [0.2, 0.25) is 0 Å². The Hall–Kier alpha value is -1.65. The van der Waals surface area contributed by atoms with Gasteiger partial charge in [-0.2, -0.15) is 5.10 Å². The van der Waals surface area contributed by atoms with Gasteiger partial charge in [0.2, 0.25) is 0 Å². The topological polar surface area (TPSA) is 47.1 Å². The highest BCUT2D eigenvalue weighted by Crippen LogP contribution is 2.27. The molecule has 4 heteroatoms. The van der Waals surface area contributed by atoms with Crippen molar-refractivity contribution in [1.29, 1.82) is 0 Å². The lowest BCUT2D eigenvalue weighted by atomic mass is 9.91. The summed E-state index contributed by atoms with van der Waals surface area (Å²) < 4.78 is 1.96. The average Bonchev–Trinajstić information content (AvgIpc) is 2.95. The van der Waals surface area contributed by atoms with Gasteiger partial charge in [-0.1, -0.05) is 17.7 Å². The summed E-state index contributed by atoms with van der Waals surface area (Å²) in [5.41, 5.74) is 11.3. The van der Waals surface area contributed by atoms with Crippen molar-refractivity contribution >= 4 is 0 Å². The van der Waals surface area contributed by atoms with E-state index in [-0.39, 0.29) is 6.04 Å². The predicted octanol–water partition coefficient (Wildman–Crippen LogP) is 2.95. The lowest BCUT2D eigenvalue weighted by molar-refractivity contribution is 0.154. The third kappa shape index (κ3) is 3.65. The van der Waals surface area contributed by atoms with Crippen LogP contribution in [0.3, 0.4) is 0 Å². The zero-order chi connectivity index (χ0) is 16.4. The quantitative estimate of drug-likeness (QED) is 0.944. The maximum atomic E-state index is 6.13. The van der Waals surface area contributed by atoms with E-state index in [2.05, 4.69) is 48.1 Å². The van der Waals surface area contributed by atoms with Crippen LogP contribution in [0.15, 0.2) is 30.5 Å². The number of hydrogen-bond donors (Lipinski definition) is 1. The molecular formula is C19H28N4. The molecule has 0 radical (unpaired) electrons. The number of nitrogens with two attached hydrogens (primary N) is 1. The van der Waals surface area contributed by atoms with Crippen molar-refractivity contribution in [2.75, 3.05) is 13.1 Å². The third-order valence-corrected chi connectivity index (χ3v) is 5.04. The SMILES string of the molecule is Cc1ccc(CN2CCCC(C(C)N)C2)c(-c2ccnn2C)c1. The van der Waals surface area contributed by atoms with Crippen molar-refractivity contribution in [1.82, 2.24) is 14.7 Å².